The number of aliphatic hydroxyl groups is 1. The van der Waals surface area contributed by atoms with Gasteiger partial charge in [0.15, 0.2) is 0 Å². The van der Waals surface area contributed by atoms with E-state index in [2.05, 4.69) is 5.32 Å². The van der Waals surface area contributed by atoms with Crippen molar-refractivity contribution in [1.82, 2.24) is 5.32 Å². The van der Waals surface area contributed by atoms with Crippen LogP contribution in [0.1, 0.15) is 33.6 Å². The molecule has 0 aliphatic carbocycles. The molecule has 1 saturated heterocycles. The maximum Gasteiger partial charge on any atom is 0.308 e. The van der Waals surface area contributed by atoms with Gasteiger partial charge in [0.1, 0.15) is 0 Å². The van der Waals surface area contributed by atoms with E-state index in [0.717, 1.165) is 25.9 Å². The maximum absolute atomic E-state index is 10.0. The van der Waals surface area contributed by atoms with Gasteiger partial charge in [-0.25, -0.2) is 0 Å². The summed E-state index contributed by atoms with van der Waals surface area (Å²) < 4.78 is 0. The van der Waals surface area contributed by atoms with E-state index in [1.165, 1.54) is 0 Å². The van der Waals surface area contributed by atoms with Crippen molar-refractivity contribution in [3.05, 3.63) is 0 Å². The molecular formula is C10H21NO3. The van der Waals surface area contributed by atoms with Crippen molar-refractivity contribution in [2.45, 2.75) is 39.7 Å². The SMILES string of the molecule is CC(C)(C)C(=O)O.OC1CCNCC1. The molecule has 1 aliphatic rings. The molecule has 3 N–H and O–H groups in total. The van der Waals surface area contributed by atoms with E-state index in [4.69, 9.17) is 10.2 Å². The molecule has 0 radical (unpaired) electrons. The van der Waals surface area contributed by atoms with Gasteiger partial charge in [0.2, 0.25) is 0 Å². The third kappa shape index (κ3) is 6.86. The summed E-state index contributed by atoms with van der Waals surface area (Å²) in [6.45, 7) is 6.96. The van der Waals surface area contributed by atoms with Crippen molar-refractivity contribution in [2.75, 3.05) is 13.1 Å². The lowest BCUT2D eigenvalue weighted by molar-refractivity contribution is -0.145. The zero-order chi connectivity index (χ0) is 11.2. The van der Waals surface area contributed by atoms with E-state index in [1.54, 1.807) is 20.8 Å². The van der Waals surface area contributed by atoms with Crippen LogP contribution in [0.5, 0.6) is 0 Å². The number of carboxylic acids is 1. The molecule has 0 unspecified atom stereocenters. The van der Waals surface area contributed by atoms with Crippen molar-refractivity contribution < 1.29 is 15.0 Å². The van der Waals surface area contributed by atoms with Crippen LogP contribution in [0, 0.1) is 5.41 Å². The van der Waals surface area contributed by atoms with Gasteiger partial charge in [-0.3, -0.25) is 4.79 Å². The Morgan fingerprint density at radius 3 is 1.79 bits per heavy atom. The van der Waals surface area contributed by atoms with E-state index in [9.17, 15) is 4.79 Å². The van der Waals surface area contributed by atoms with Gasteiger partial charge >= 0.3 is 5.97 Å². The van der Waals surface area contributed by atoms with Crippen LogP contribution in [0.4, 0.5) is 0 Å². The van der Waals surface area contributed by atoms with Crippen molar-refractivity contribution in [2.24, 2.45) is 5.41 Å². The molecule has 84 valence electrons. The highest BCUT2D eigenvalue weighted by molar-refractivity contribution is 5.72. The second kappa shape index (κ2) is 5.98. The molecule has 0 atom stereocenters. The standard InChI is InChI=1S/C5H11NO.C5H10O2/c7-5-1-3-6-4-2-5;1-5(2,3)4(6)7/h5-7H,1-4H2;1-3H3,(H,6,7). The first-order valence-corrected chi connectivity index (χ1v) is 4.96. The average molecular weight is 203 g/mol. The molecule has 1 fully saturated rings. The van der Waals surface area contributed by atoms with Gasteiger partial charge in [-0.1, -0.05) is 0 Å². The molecule has 0 aromatic carbocycles. The Balaban J connectivity index is 0.000000241. The Morgan fingerprint density at radius 1 is 1.29 bits per heavy atom. The molecular weight excluding hydrogens is 182 g/mol. The maximum atomic E-state index is 10.0. The van der Waals surface area contributed by atoms with E-state index in [1.807, 2.05) is 0 Å². The quantitative estimate of drug-likeness (QED) is 0.546. The minimum Gasteiger partial charge on any atom is -0.481 e. The molecule has 4 heteroatoms. The number of rotatable bonds is 0. The lowest BCUT2D eigenvalue weighted by atomic mass is 9.98. The number of aliphatic hydroxyl groups excluding tert-OH is 1. The highest BCUT2D eigenvalue weighted by Crippen LogP contribution is 2.11. The molecule has 0 saturated carbocycles. The van der Waals surface area contributed by atoms with Crippen molar-refractivity contribution in [3.63, 3.8) is 0 Å². The number of carbonyl (C=O) groups is 1. The van der Waals surface area contributed by atoms with Gasteiger partial charge in [0.05, 0.1) is 11.5 Å². The first-order valence-electron chi connectivity index (χ1n) is 4.96. The summed E-state index contributed by atoms with van der Waals surface area (Å²) in [5.41, 5.74) is -0.583. The molecule has 1 rings (SSSR count). The number of hydrogen-bond acceptors (Lipinski definition) is 3. The second-order valence-corrected chi connectivity index (χ2v) is 4.54. The fourth-order valence-corrected chi connectivity index (χ4v) is 0.807. The number of carboxylic acid groups (broad SMARTS) is 1. The number of nitrogens with one attached hydrogen (secondary N) is 1. The van der Waals surface area contributed by atoms with Crippen molar-refractivity contribution in [1.29, 1.82) is 0 Å². The smallest absolute Gasteiger partial charge is 0.308 e. The summed E-state index contributed by atoms with van der Waals surface area (Å²) in [5, 5.41) is 20.3. The third-order valence-electron chi connectivity index (χ3n) is 1.95. The number of aliphatic carboxylic acids is 1. The summed E-state index contributed by atoms with van der Waals surface area (Å²) in [6, 6.07) is 0. The fourth-order valence-electron chi connectivity index (χ4n) is 0.807. The Bertz CT molecular complexity index is 169. The van der Waals surface area contributed by atoms with Crippen LogP contribution >= 0.6 is 0 Å². The van der Waals surface area contributed by atoms with Crippen LogP contribution in [-0.2, 0) is 4.79 Å². The van der Waals surface area contributed by atoms with Crippen LogP contribution in [0.25, 0.3) is 0 Å². The van der Waals surface area contributed by atoms with Gasteiger partial charge in [-0.15, -0.1) is 0 Å². The van der Waals surface area contributed by atoms with E-state index in [-0.39, 0.29) is 6.10 Å². The summed E-state index contributed by atoms with van der Waals surface area (Å²) in [7, 11) is 0. The Labute approximate surface area is 85.3 Å². The average Bonchev–Trinajstić information content (AvgIpc) is 2.04. The van der Waals surface area contributed by atoms with E-state index in [0.29, 0.717) is 0 Å². The predicted octanol–water partition coefficient (Wildman–Crippen LogP) is 0.848. The third-order valence-corrected chi connectivity index (χ3v) is 1.95. The molecule has 0 bridgehead atoms. The van der Waals surface area contributed by atoms with E-state index < -0.39 is 11.4 Å². The van der Waals surface area contributed by atoms with Crippen LogP contribution in [-0.4, -0.2) is 35.4 Å². The minimum absolute atomic E-state index is 0.0266. The zero-order valence-electron chi connectivity index (χ0n) is 9.21. The molecule has 0 aromatic rings. The Hall–Kier alpha value is -0.610. The second-order valence-electron chi connectivity index (χ2n) is 4.54. The van der Waals surface area contributed by atoms with Crippen LogP contribution in [0.15, 0.2) is 0 Å². The molecule has 0 amide bonds. The van der Waals surface area contributed by atoms with Crippen molar-refractivity contribution in [3.8, 4) is 0 Å². The van der Waals surface area contributed by atoms with E-state index >= 15 is 0 Å². The number of hydrogen-bond donors (Lipinski definition) is 3. The monoisotopic (exact) mass is 203 g/mol. The van der Waals surface area contributed by atoms with Gasteiger partial charge in [0, 0.05) is 0 Å². The van der Waals surface area contributed by atoms with Crippen LogP contribution in [0.3, 0.4) is 0 Å². The summed E-state index contributed by atoms with van der Waals surface area (Å²) in [6.07, 6.45) is 1.83. The van der Waals surface area contributed by atoms with Gasteiger partial charge in [-0.2, -0.15) is 0 Å². The molecule has 0 aromatic heterocycles. The molecule has 1 aliphatic heterocycles. The largest absolute Gasteiger partial charge is 0.481 e. The topological polar surface area (TPSA) is 69.6 Å². The summed E-state index contributed by atoms with van der Waals surface area (Å²) >= 11 is 0. The van der Waals surface area contributed by atoms with Gasteiger partial charge < -0.3 is 15.5 Å². The van der Waals surface area contributed by atoms with Crippen LogP contribution in [0.2, 0.25) is 0 Å². The molecule has 4 nitrogen and oxygen atoms in total. The molecule has 0 spiro atoms. The normalized spacial score (nSPS) is 18.3. The lowest BCUT2D eigenvalue weighted by Gasteiger charge is -2.16. The Kier molecular flexibility index (Phi) is 5.72. The van der Waals surface area contributed by atoms with Crippen LogP contribution < -0.4 is 5.32 Å². The molecule has 1 heterocycles. The fraction of sp³-hybridized carbons (Fsp3) is 0.900. The predicted molar refractivity (Wildman–Crippen MR) is 55.2 cm³/mol. The summed E-state index contributed by atoms with van der Waals surface area (Å²) in [5.74, 6) is -0.757. The summed E-state index contributed by atoms with van der Waals surface area (Å²) in [4.78, 5) is 10.0. The molecule has 14 heavy (non-hydrogen) atoms. The highest BCUT2D eigenvalue weighted by Gasteiger charge is 2.18. The zero-order valence-corrected chi connectivity index (χ0v) is 9.21. The Morgan fingerprint density at radius 2 is 1.64 bits per heavy atom. The number of piperidine rings is 1. The van der Waals surface area contributed by atoms with Gasteiger partial charge in [-0.05, 0) is 46.7 Å². The first-order chi connectivity index (χ1) is 6.34. The van der Waals surface area contributed by atoms with Crippen molar-refractivity contribution >= 4 is 5.97 Å². The minimum atomic E-state index is -0.757. The highest BCUT2D eigenvalue weighted by atomic mass is 16.4. The first kappa shape index (κ1) is 13.4. The van der Waals surface area contributed by atoms with Gasteiger partial charge in [0.25, 0.3) is 0 Å². The lowest BCUT2D eigenvalue weighted by Crippen LogP contribution is -2.30.